The lowest BCUT2D eigenvalue weighted by Crippen LogP contribution is -2.45. The van der Waals surface area contributed by atoms with Gasteiger partial charge in [-0.15, -0.1) is 0 Å². The molecule has 0 bridgehead atoms. The van der Waals surface area contributed by atoms with Gasteiger partial charge in [0.05, 0.1) is 7.11 Å². The van der Waals surface area contributed by atoms with Crippen LogP contribution in [0.1, 0.15) is 48.0 Å². The van der Waals surface area contributed by atoms with Crippen molar-refractivity contribution in [3.63, 3.8) is 0 Å². The molecule has 0 spiro atoms. The fourth-order valence-corrected chi connectivity index (χ4v) is 1.41. The number of amides is 1. The Morgan fingerprint density at radius 3 is 1.96 bits per heavy atom. The zero-order valence-electron chi connectivity index (χ0n) is 14.9. The molecule has 1 N–H and O–H groups in total. The molecule has 1 amide bonds. The van der Waals surface area contributed by atoms with Gasteiger partial charge in [-0.25, -0.2) is 14.4 Å². The van der Waals surface area contributed by atoms with Crippen molar-refractivity contribution in [3.8, 4) is 0 Å². The van der Waals surface area contributed by atoms with E-state index in [2.05, 4.69) is 10.1 Å². The summed E-state index contributed by atoms with van der Waals surface area (Å²) in [7, 11) is 1.25. The van der Waals surface area contributed by atoms with Crippen LogP contribution in [0, 0.1) is 0 Å². The van der Waals surface area contributed by atoms with E-state index < -0.39 is 35.3 Å². The molecule has 0 aromatic heterocycles. The molecule has 7 heteroatoms. The smallest absolute Gasteiger partial charge is 0.408 e. The number of carbonyl (C=O) groups is 3. The molecule has 0 heterocycles. The highest BCUT2D eigenvalue weighted by atomic mass is 16.6. The highest BCUT2D eigenvalue weighted by Gasteiger charge is 2.27. The highest BCUT2D eigenvalue weighted by Crippen LogP contribution is 2.12. The first-order valence-corrected chi connectivity index (χ1v) is 7.31. The quantitative estimate of drug-likeness (QED) is 0.473. The van der Waals surface area contributed by atoms with Crippen LogP contribution in [0.15, 0.2) is 12.2 Å². The lowest BCUT2D eigenvalue weighted by molar-refractivity contribution is -0.157. The summed E-state index contributed by atoms with van der Waals surface area (Å²) in [6.45, 7) is 10.3. The molecule has 7 nitrogen and oxygen atoms in total. The molecule has 0 aliphatic heterocycles. The molecule has 0 rings (SSSR count). The Kier molecular flexibility index (Phi) is 7.79. The number of esters is 2. The number of alkyl carbamates (subject to hydrolysis) is 1. The molecule has 23 heavy (non-hydrogen) atoms. The summed E-state index contributed by atoms with van der Waals surface area (Å²) >= 11 is 0. The van der Waals surface area contributed by atoms with E-state index in [0.29, 0.717) is 0 Å². The monoisotopic (exact) mass is 329 g/mol. The number of methoxy groups -OCH3 is 1. The number of carbonyl (C=O) groups excluding carboxylic acids is 3. The Bertz CT molecular complexity index is 456. The summed E-state index contributed by atoms with van der Waals surface area (Å²) in [4.78, 5) is 35.1. The van der Waals surface area contributed by atoms with E-state index in [-0.39, 0.29) is 6.42 Å². The fourth-order valence-electron chi connectivity index (χ4n) is 1.41. The molecular weight excluding hydrogens is 302 g/mol. The fraction of sp³-hybridized carbons (Fsp3) is 0.688. The predicted octanol–water partition coefficient (Wildman–Crippen LogP) is 2.34. The van der Waals surface area contributed by atoms with Gasteiger partial charge in [0.1, 0.15) is 17.2 Å². The molecule has 1 atom stereocenters. The summed E-state index contributed by atoms with van der Waals surface area (Å²) in [6.07, 6.45) is 1.94. The van der Waals surface area contributed by atoms with E-state index in [1.807, 2.05) is 0 Å². The van der Waals surface area contributed by atoms with Crippen molar-refractivity contribution in [1.29, 1.82) is 0 Å². The molecule has 0 saturated carbocycles. The van der Waals surface area contributed by atoms with E-state index in [9.17, 15) is 14.4 Å². The van der Waals surface area contributed by atoms with Crippen molar-refractivity contribution in [2.24, 2.45) is 0 Å². The molecule has 132 valence electrons. The van der Waals surface area contributed by atoms with E-state index in [1.165, 1.54) is 19.3 Å². The maximum atomic E-state index is 12.2. The number of nitrogens with one attached hydrogen (secondary N) is 1. The Hall–Kier alpha value is -2.05. The Labute approximate surface area is 137 Å². The van der Waals surface area contributed by atoms with Crippen LogP contribution in [-0.2, 0) is 23.8 Å². The molecule has 0 aromatic rings. The summed E-state index contributed by atoms with van der Waals surface area (Å²) in [5, 5.41) is 2.45. The second-order valence-electron chi connectivity index (χ2n) is 6.89. The van der Waals surface area contributed by atoms with Gasteiger partial charge in [0.2, 0.25) is 0 Å². The van der Waals surface area contributed by atoms with Crippen LogP contribution >= 0.6 is 0 Å². The van der Waals surface area contributed by atoms with Crippen molar-refractivity contribution in [3.05, 3.63) is 12.2 Å². The van der Waals surface area contributed by atoms with Crippen molar-refractivity contribution in [2.75, 3.05) is 7.11 Å². The van der Waals surface area contributed by atoms with E-state index in [4.69, 9.17) is 9.47 Å². The number of rotatable bonds is 5. The zero-order chi connectivity index (χ0) is 18.3. The van der Waals surface area contributed by atoms with Gasteiger partial charge in [-0.05, 0) is 48.0 Å². The largest absolute Gasteiger partial charge is 0.466 e. The van der Waals surface area contributed by atoms with Gasteiger partial charge >= 0.3 is 18.0 Å². The van der Waals surface area contributed by atoms with Crippen LogP contribution < -0.4 is 5.32 Å². The first-order valence-electron chi connectivity index (χ1n) is 7.31. The molecule has 0 aromatic carbocycles. The summed E-state index contributed by atoms with van der Waals surface area (Å²) in [5.41, 5.74) is -1.39. The van der Waals surface area contributed by atoms with Crippen molar-refractivity contribution >= 4 is 18.0 Å². The first kappa shape index (κ1) is 20.9. The topological polar surface area (TPSA) is 90.9 Å². The van der Waals surface area contributed by atoms with Gasteiger partial charge in [0, 0.05) is 6.08 Å². The van der Waals surface area contributed by atoms with Crippen LogP contribution in [-0.4, -0.2) is 42.4 Å². The van der Waals surface area contributed by atoms with E-state index >= 15 is 0 Å². The van der Waals surface area contributed by atoms with Crippen LogP contribution in [0.3, 0.4) is 0 Å². The lowest BCUT2D eigenvalue weighted by atomic mass is 10.1. The molecular formula is C16H27NO6. The molecule has 0 unspecified atom stereocenters. The average molecular weight is 329 g/mol. The van der Waals surface area contributed by atoms with Crippen LogP contribution in [0.2, 0.25) is 0 Å². The van der Waals surface area contributed by atoms with E-state index in [0.717, 1.165) is 0 Å². The maximum Gasteiger partial charge on any atom is 0.408 e. The van der Waals surface area contributed by atoms with Gasteiger partial charge in [0.25, 0.3) is 0 Å². The minimum absolute atomic E-state index is 0.0727. The second-order valence-corrected chi connectivity index (χ2v) is 6.89. The molecule has 0 radical (unpaired) electrons. The molecule has 0 aliphatic carbocycles. The van der Waals surface area contributed by atoms with Crippen molar-refractivity contribution in [2.45, 2.75) is 65.2 Å². The molecule has 0 saturated heterocycles. The summed E-state index contributed by atoms with van der Waals surface area (Å²) < 4.78 is 14.8. The second kappa shape index (κ2) is 8.55. The predicted molar refractivity (Wildman–Crippen MR) is 84.8 cm³/mol. The van der Waals surface area contributed by atoms with Gasteiger partial charge in [0.15, 0.2) is 0 Å². The minimum Gasteiger partial charge on any atom is -0.466 e. The Morgan fingerprint density at radius 1 is 1.00 bits per heavy atom. The summed E-state index contributed by atoms with van der Waals surface area (Å²) in [6, 6.07) is -0.968. The molecule has 0 aliphatic rings. The standard InChI is InChI=1S/C16H27NO6/c1-15(2,3)22-13(19)11(9-8-10-12(18)21-7)17-14(20)23-16(4,5)6/h8,10-11H,9H2,1-7H3,(H,17,20)/t11-/m0/s1. The molecule has 0 fully saturated rings. The third-order valence-corrected chi connectivity index (χ3v) is 2.21. The number of hydrogen-bond acceptors (Lipinski definition) is 6. The average Bonchev–Trinajstić information content (AvgIpc) is 2.32. The van der Waals surface area contributed by atoms with Gasteiger partial charge < -0.3 is 19.5 Å². The lowest BCUT2D eigenvalue weighted by Gasteiger charge is -2.25. The highest BCUT2D eigenvalue weighted by molar-refractivity contribution is 5.83. The normalized spacial score (nSPS) is 13.3. The van der Waals surface area contributed by atoms with Crippen LogP contribution in [0.5, 0.6) is 0 Å². The summed E-state index contributed by atoms with van der Waals surface area (Å²) in [5.74, 6) is -1.16. The van der Waals surface area contributed by atoms with Gasteiger partial charge in [-0.3, -0.25) is 0 Å². The first-order chi connectivity index (χ1) is 10.3. The number of ether oxygens (including phenoxy) is 3. The number of hydrogen-bond donors (Lipinski definition) is 1. The van der Waals surface area contributed by atoms with Crippen LogP contribution in [0.4, 0.5) is 4.79 Å². The van der Waals surface area contributed by atoms with Gasteiger partial charge in [-0.1, -0.05) is 6.08 Å². The third-order valence-electron chi connectivity index (χ3n) is 2.21. The van der Waals surface area contributed by atoms with Crippen LogP contribution in [0.25, 0.3) is 0 Å². The Morgan fingerprint density at radius 2 is 1.52 bits per heavy atom. The third kappa shape index (κ3) is 11.2. The minimum atomic E-state index is -0.968. The zero-order valence-corrected chi connectivity index (χ0v) is 14.9. The van der Waals surface area contributed by atoms with E-state index in [1.54, 1.807) is 41.5 Å². The Balaban J connectivity index is 4.92. The maximum absolute atomic E-state index is 12.2. The van der Waals surface area contributed by atoms with Gasteiger partial charge in [-0.2, -0.15) is 0 Å². The SMILES string of the molecule is COC(=O)C=CC[C@H](NC(=O)OC(C)(C)C)C(=O)OC(C)(C)C. The van der Waals surface area contributed by atoms with Crippen molar-refractivity contribution < 1.29 is 28.6 Å². The van der Waals surface area contributed by atoms with Crippen molar-refractivity contribution in [1.82, 2.24) is 5.32 Å².